The van der Waals surface area contributed by atoms with Gasteiger partial charge in [-0.05, 0) is 17.7 Å². The molecule has 0 saturated carbocycles. The smallest absolute Gasteiger partial charge is 0.410 e. The molecule has 1 amide bonds. The van der Waals surface area contributed by atoms with Gasteiger partial charge in [-0.1, -0.05) is 12.1 Å². The second-order valence-corrected chi connectivity index (χ2v) is 4.50. The maximum Gasteiger partial charge on any atom is 0.410 e. The molecule has 6 heteroatoms. The third-order valence-corrected chi connectivity index (χ3v) is 3.37. The minimum Gasteiger partial charge on any atom is -0.465 e. The van der Waals surface area contributed by atoms with Gasteiger partial charge in [-0.15, -0.1) is 0 Å². The fraction of sp³-hybridized carbons (Fsp3) is 0.429. The highest BCUT2D eigenvalue weighted by molar-refractivity contribution is 5.89. The van der Waals surface area contributed by atoms with Crippen molar-refractivity contribution in [2.24, 2.45) is 0 Å². The number of methoxy groups -OCH3 is 2. The van der Waals surface area contributed by atoms with Crippen molar-refractivity contribution in [1.29, 1.82) is 0 Å². The molecule has 1 aliphatic rings. The molecule has 1 heterocycles. The van der Waals surface area contributed by atoms with Crippen LogP contribution in [0.3, 0.4) is 0 Å². The number of benzene rings is 1. The van der Waals surface area contributed by atoms with Gasteiger partial charge in [0.15, 0.2) is 0 Å². The van der Waals surface area contributed by atoms with Crippen molar-refractivity contribution in [3.05, 3.63) is 35.4 Å². The number of nitrogens with one attached hydrogen (secondary N) is 1. The van der Waals surface area contributed by atoms with Gasteiger partial charge >= 0.3 is 12.1 Å². The monoisotopic (exact) mass is 278 g/mol. The third-order valence-electron chi connectivity index (χ3n) is 3.37. The Balaban J connectivity index is 2.20. The van der Waals surface area contributed by atoms with Crippen LogP contribution in [-0.2, 0) is 9.47 Å². The molecule has 1 aromatic carbocycles. The molecule has 0 spiro atoms. The fourth-order valence-corrected chi connectivity index (χ4v) is 2.30. The van der Waals surface area contributed by atoms with Crippen molar-refractivity contribution < 1.29 is 19.1 Å². The molecule has 1 fully saturated rings. The lowest BCUT2D eigenvalue weighted by molar-refractivity contribution is 0.0600. The van der Waals surface area contributed by atoms with Crippen LogP contribution in [0.5, 0.6) is 0 Å². The number of nitrogens with zero attached hydrogens (tertiary/aromatic N) is 1. The summed E-state index contributed by atoms with van der Waals surface area (Å²) in [5, 5.41) is 3.25. The summed E-state index contributed by atoms with van der Waals surface area (Å²) in [6.45, 7) is 1.99. The Hall–Kier alpha value is -2.08. The SMILES string of the molecule is COC(=O)c1ccc(C2CNCCN2C(=O)OC)cc1. The lowest BCUT2D eigenvalue weighted by atomic mass is 10.0. The minimum absolute atomic E-state index is 0.0945. The van der Waals surface area contributed by atoms with Gasteiger partial charge in [0, 0.05) is 19.6 Å². The van der Waals surface area contributed by atoms with Crippen LogP contribution in [0, 0.1) is 0 Å². The number of ether oxygens (including phenoxy) is 2. The summed E-state index contributed by atoms with van der Waals surface area (Å²) in [5.41, 5.74) is 1.44. The van der Waals surface area contributed by atoms with E-state index in [4.69, 9.17) is 4.74 Å². The fourth-order valence-electron chi connectivity index (χ4n) is 2.30. The van der Waals surface area contributed by atoms with Crippen LogP contribution in [0.1, 0.15) is 22.0 Å². The zero-order chi connectivity index (χ0) is 14.5. The number of piperazine rings is 1. The molecular weight excluding hydrogens is 260 g/mol. The number of amides is 1. The normalized spacial score (nSPS) is 18.5. The molecule has 1 aromatic rings. The van der Waals surface area contributed by atoms with Crippen LogP contribution in [0.2, 0.25) is 0 Å². The molecule has 1 N–H and O–H groups in total. The predicted molar refractivity (Wildman–Crippen MR) is 72.5 cm³/mol. The number of hydrogen-bond acceptors (Lipinski definition) is 5. The van der Waals surface area contributed by atoms with E-state index in [1.54, 1.807) is 17.0 Å². The topological polar surface area (TPSA) is 67.9 Å². The molecule has 1 unspecified atom stereocenters. The van der Waals surface area contributed by atoms with Gasteiger partial charge in [-0.3, -0.25) is 4.90 Å². The zero-order valence-electron chi connectivity index (χ0n) is 11.6. The average molecular weight is 278 g/mol. The van der Waals surface area contributed by atoms with Crippen LogP contribution in [0.15, 0.2) is 24.3 Å². The van der Waals surface area contributed by atoms with E-state index < -0.39 is 0 Å². The van der Waals surface area contributed by atoms with Crippen LogP contribution >= 0.6 is 0 Å². The summed E-state index contributed by atoms with van der Waals surface area (Å²) < 4.78 is 9.47. The maximum atomic E-state index is 11.8. The summed E-state index contributed by atoms with van der Waals surface area (Å²) in [6.07, 6.45) is -0.339. The maximum absolute atomic E-state index is 11.8. The summed E-state index contributed by atoms with van der Waals surface area (Å²) in [4.78, 5) is 24.9. The first kappa shape index (κ1) is 14.3. The molecule has 108 valence electrons. The predicted octanol–water partition coefficient (Wildman–Crippen LogP) is 1.19. The van der Waals surface area contributed by atoms with Gasteiger partial charge in [-0.2, -0.15) is 0 Å². The Labute approximate surface area is 117 Å². The van der Waals surface area contributed by atoms with E-state index >= 15 is 0 Å². The molecule has 1 atom stereocenters. The zero-order valence-corrected chi connectivity index (χ0v) is 11.6. The van der Waals surface area contributed by atoms with E-state index in [1.165, 1.54) is 14.2 Å². The lowest BCUT2D eigenvalue weighted by Crippen LogP contribution is -2.48. The molecule has 2 rings (SSSR count). The Bertz CT molecular complexity index is 486. The number of carbonyl (C=O) groups is 2. The van der Waals surface area contributed by atoms with Crippen molar-refractivity contribution in [3.63, 3.8) is 0 Å². The number of hydrogen-bond donors (Lipinski definition) is 1. The van der Waals surface area contributed by atoms with Crippen molar-refractivity contribution >= 4 is 12.1 Å². The highest BCUT2D eigenvalue weighted by Crippen LogP contribution is 2.23. The number of carbonyl (C=O) groups excluding carboxylic acids is 2. The van der Waals surface area contributed by atoms with E-state index in [1.807, 2.05) is 12.1 Å². The van der Waals surface area contributed by atoms with E-state index in [9.17, 15) is 9.59 Å². The Morgan fingerprint density at radius 2 is 1.90 bits per heavy atom. The first-order valence-electron chi connectivity index (χ1n) is 6.41. The largest absolute Gasteiger partial charge is 0.465 e. The molecule has 0 bridgehead atoms. The van der Waals surface area contributed by atoms with Gasteiger partial charge in [0.05, 0.1) is 25.8 Å². The third kappa shape index (κ3) is 2.91. The molecular formula is C14H18N2O4. The Morgan fingerprint density at radius 1 is 1.20 bits per heavy atom. The second-order valence-electron chi connectivity index (χ2n) is 4.50. The molecule has 0 aromatic heterocycles. The average Bonchev–Trinajstić information content (AvgIpc) is 2.53. The van der Waals surface area contributed by atoms with Gasteiger partial charge < -0.3 is 14.8 Å². The van der Waals surface area contributed by atoms with E-state index in [2.05, 4.69) is 10.1 Å². The van der Waals surface area contributed by atoms with Gasteiger partial charge in [0.25, 0.3) is 0 Å². The van der Waals surface area contributed by atoms with Crippen LogP contribution in [0.25, 0.3) is 0 Å². The molecule has 1 saturated heterocycles. The van der Waals surface area contributed by atoms with Crippen molar-refractivity contribution in [1.82, 2.24) is 10.2 Å². The number of rotatable bonds is 2. The Morgan fingerprint density at radius 3 is 2.50 bits per heavy atom. The minimum atomic E-state index is -0.372. The van der Waals surface area contributed by atoms with Crippen molar-refractivity contribution in [2.75, 3.05) is 33.9 Å². The highest BCUT2D eigenvalue weighted by atomic mass is 16.5. The van der Waals surface area contributed by atoms with Crippen LogP contribution < -0.4 is 5.32 Å². The summed E-state index contributed by atoms with van der Waals surface area (Å²) in [7, 11) is 2.72. The quantitative estimate of drug-likeness (QED) is 0.823. The summed E-state index contributed by atoms with van der Waals surface area (Å²) >= 11 is 0. The standard InChI is InChI=1S/C14H18N2O4/c1-19-13(17)11-5-3-10(4-6-11)12-9-15-7-8-16(12)14(18)20-2/h3-6,12,15H,7-9H2,1-2H3. The lowest BCUT2D eigenvalue weighted by Gasteiger charge is -2.35. The van der Waals surface area contributed by atoms with Gasteiger partial charge in [-0.25, -0.2) is 9.59 Å². The van der Waals surface area contributed by atoms with Crippen molar-refractivity contribution in [2.45, 2.75) is 6.04 Å². The summed E-state index contributed by atoms with van der Waals surface area (Å²) in [6, 6.07) is 6.97. The second kappa shape index (κ2) is 6.38. The van der Waals surface area contributed by atoms with Crippen molar-refractivity contribution in [3.8, 4) is 0 Å². The van der Waals surface area contributed by atoms with E-state index in [-0.39, 0.29) is 18.1 Å². The molecule has 20 heavy (non-hydrogen) atoms. The Kier molecular flexibility index (Phi) is 4.57. The van der Waals surface area contributed by atoms with Gasteiger partial charge in [0.1, 0.15) is 0 Å². The first-order chi connectivity index (χ1) is 9.67. The highest BCUT2D eigenvalue weighted by Gasteiger charge is 2.28. The number of esters is 1. The van der Waals surface area contributed by atoms with E-state index in [0.29, 0.717) is 18.7 Å². The first-order valence-corrected chi connectivity index (χ1v) is 6.41. The molecule has 0 aliphatic carbocycles. The van der Waals surface area contributed by atoms with Gasteiger partial charge in [0.2, 0.25) is 0 Å². The molecule has 6 nitrogen and oxygen atoms in total. The molecule has 0 radical (unpaired) electrons. The molecule has 1 aliphatic heterocycles. The van der Waals surface area contributed by atoms with Crippen LogP contribution in [0.4, 0.5) is 4.79 Å². The van der Waals surface area contributed by atoms with E-state index in [0.717, 1.165) is 12.1 Å². The van der Waals surface area contributed by atoms with Crippen LogP contribution in [-0.4, -0.2) is 50.8 Å². The summed E-state index contributed by atoms with van der Waals surface area (Å²) in [5.74, 6) is -0.372.